The molecule has 29 heavy (non-hydrogen) atoms. The topological polar surface area (TPSA) is 44.4 Å². The van der Waals surface area contributed by atoms with Crippen molar-refractivity contribution in [2.75, 3.05) is 26.2 Å². The third-order valence-corrected chi connectivity index (χ3v) is 7.37. The number of piperidine rings is 1. The minimum absolute atomic E-state index is 0.0240. The van der Waals surface area contributed by atoms with Gasteiger partial charge in [0.2, 0.25) is 0 Å². The van der Waals surface area contributed by atoms with Gasteiger partial charge in [0.15, 0.2) is 0 Å². The molecule has 1 aromatic carbocycles. The van der Waals surface area contributed by atoms with Gasteiger partial charge in [-0.25, -0.2) is 9.18 Å². The molecule has 1 aliphatic heterocycles. The van der Waals surface area contributed by atoms with Crippen LogP contribution in [-0.4, -0.2) is 43.2 Å². The Morgan fingerprint density at radius 1 is 1.14 bits per heavy atom. The number of amides is 2. The first-order valence-electron chi connectivity index (χ1n) is 11.2. The van der Waals surface area contributed by atoms with Crippen LogP contribution in [0.25, 0.3) is 0 Å². The lowest BCUT2D eigenvalue weighted by atomic mass is 9.83. The predicted octanol–water partition coefficient (Wildman–Crippen LogP) is 5.11. The van der Waals surface area contributed by atoms with Gasteiger partial charge in [0.05, 0.1) is 0 Å². The molecule has 0 atom stereocenters. The predicted molar refractivity (Wildman–Crippen MR) is 120 cm³/mol. The molecule has 162 valence electrons. The first-order valence-corrected chi connectivity index (χ1v) is 12.0. The highest BCUT2D eigenvalue weighted by atomic mass is 79.9. The first-order chi connectivity index (χ1) is 14.0. The maximum atomic E-state index is 13.5. The minimum atomic E-state index is -0.142. The molecule has 6 heteroatoms. The van der Waals surface area contributed by atoms with E-state index in [0.717, 1.165) is 48.3 Å². The Hall–Kier alpha value is -1.14. The zero-order chi connectivity index (χ0) is 20.6. The number of urea groups is 1. The lowest BCUT2D eigenvalue weighted by molar-refractivity contribution is 0.163. The molecule has 0 radical (unpaired) electrons. The number of hydrogen-bond donors (Lipinski definition) is 2. The van der Waals surface area contributed by atoms with Crippen LogP contribution in [0.2, 0.25) is 0 Å². The van der Waals surface area contributed by atoms with Crippen LogP contribution in [0.5, 0.6) is 0 Å². The van der Waals surface area contributed by atoms with Gasteiger partial charge in [-0.1, -0.05) is 15.9 Å². The molecule has 0 unspecified atom stereocenters. The van der Waals surface area contributed by atoms with Crippen LogP contribution in [0, 0.1) is 17.7 Å². The summed E-state index contributed by atoms with van der Waals surface area (Å²) in [4.78, 5) is 14.3. The number of rotatable bonds is 7. The van der Waals surface area contributed by atoms with Crippen LogP contribution in [-0.2, 0) is 6.42 Å². The number of benzene rings is 1. The molecule has 2 aliphatic rings. The summed E-state index contributed by atoms with van der Waals surface area (Å²) in [6, 6.07) is 5.33. The molecule has 2 fully saturated rings. The van der Waals surface area contributed by atoms with Crippen LogP contribution in [0.1, 0.15) is 57.4 Å². The van der Waals surface area contributed by atoms with E-state index in [0.29, 0.717) is 18.5 Å². The molecule has 0 aromatic heterocycles. The summed E-state index contributed by atoms with van der Waals surface area (Å²) >= 11 is 3.56. The lowest BCUT2D eigenvalue weighted by Crippen LogP contribution is -2.43. The SMILES string of the molecule is CCNC(=O)N[C@H]1CC[C@H](CCN2CCC(Cc3cc(F)ccc3Br)CC2)CC1. The Morgan fingerprint density at radius 2 is 1.86 bits per heavy atom. The minimum Gasteiger partial charge on any atom is -0.338 e. The largest absolute Gasteiger partial charge is 0.338 e. The molecule has 1 saturated heterocycles. The number of halogens is 2. The molecule has 0 bridgehead atoms. The second-order valence-corrected chi connectivity index (χ2v) is 9.59. The van der Waals surface area contributed by atoms with Gasteiger partial charge >= 0.3 is 6.03 Å². The van der Waals surface area contributed by atoms with E-state index in [1.54, 1.807) is 6.07 Å². The van der Waals surface area contributed by atoms with Gasteiger partial charge in [-0.05, 0) is 114 Å². The Morgan fingerprint density at radius 3 is 2.55 bits per heavy atom. The van der Waals surface area contributed by atoms with Gasteiger partial charge in [0.1, 0.15) is 5.82 Å². The fourth-order valence-corrected chi connectivity index (χ4v) is 5.19. The molecule has 2 N–H and O–H groups in total. The molecular formula is C23H35BrFN3O. The van der Waals surface area contributed by atoms with E-state index in [2.05, 4.69) is 31.5 Å². The summed E-state index contributed by atoms with van der Waals surface area (Å²) in [6.07, 6.45) is 9.29. The van der Waals surface area contributed by atoms with E-state index in [9.17, 15) is 9.18 Å². The van der Waals surface area contributed by atoms with E-state index >= 15 is 0 Å². The quantitative estimate of drug-likeness (QED) is 0.584. The maximum Gasteiger partial charge on any atom is 0.314 e. The molecule has 0 spiro atoms. The number of likely N-dealkylation sites (tertiary alicyclic amines) is 1. The van der Waals surface area contributed by atoms with Crippen molar-refractivity contribution in [3.8, 4) is 0 Å². The van der Waals surface area contributed by atoms with Crippen LogP contribution >= 0.6 is 15.9 Å². The van der Waals surface area contributed by atoms with E-state index < -0.39 is 0 Å². The maximum absolute atomic E-state index is 13.5. The van der Waals surface area contributed by atoms with Crippen molar-refractivity contribution in [2.24, 2.45) is 11.8 Å². The first kappa shape index (κ1) is 22.5. The third-order valence-electron chi connectivity index (χ3n) is 6.60. The van der Waals surface area contributed by atoms with Gasteiger partial charge < -0.3 is 15.5 Å². The number of hydrogen-bond acceptors (Lipinski definition) is 2. The Labute approximate surface area is 183 Å². The number of carbonyl (C=O) groups is 1. The van der Waals surface area contributed by atoms with Crippen molar-refractivity contribution in [1.29, 1.82) is 0 Å². The fraction of sp³-hybridized carbons (Fsp3) is 0.696. The Balaban J connectivity index is 1.31. The fourth-order valence-electron chi connectivity index (χ4n) is 4.78. The Kier molecular flexibility index (Phi) is 8.79. The summed E-state index contributed by atoms with van der Waals surface area (Å²) in [5, 5.41) is 5.91. The summed E-state index contributed by atoms with van der Waals surface area (Å²) < 4.78 is 14.5. The van der Waals surface area contributed by atoms with E-state index in [4.69, 9.17) is 0 Å². The second-order valence-electron chi connectivity index (χ2n) is 8.73. The molecular weight excluding hydrogens is 433 g/mol. The van der Waals surface area contributed by atoms with Crippen molar-refractivity contribution in [1.82, 2.24) is 15.5 Å². The zero-order valence-electron chi connectivity index (χ0n) is 17.6. The zero-order valence-corrected chi connectivity index (χ0v) is 19.1. The standard InChI is InChI=1S/C23H35BrFN3O/c1-2-26-23(29)27-21-6-3-17(4-7-21)9-12-28-13-10-18(11-14-28)15-19-16-20(25)5-8-22(19)24/h5,8,16-18,21H,2-4,6-7,9-15H2,1H3,(H2,26,27,29)/t17-,21-. The van der Waals surface area contributed by atoms with E-state index in [1.165, 1.54) is 44.7 Å². The number of carbonyl (C=O) groups excluding carboxylic acids is 1. The highest BCUT2D eigenvalue weighted by Crippen LogP contribution is 2.29. The van der Waals surface area contributed by atoms with Crippen LogP contribution in [0.3, 0.4) is 0 Å². The highest BCUT2D eigenvalue weighted by molar-refractivity contribution is 9.10. The molecule has 4 nitrogen and oxygen atoms in total. The summed E-state index contributed by atoms with van der Waals surface area (Å²) in [6.45, 7) is 6.13. The normalized spacial score (nSPS) is 23.7. The summed E-state index contributed by atoms with van der Waals surface area (Å²) in [5.41, 5.74) is 1.10. The number of nitrogens with zero attached hydrogens (tertiary/aromatic N) is 1. The number of nitrogens with one attached hydrogen (secondary N) is 2. The van der Waals surface area contributed by atoms with Gasteiger partial charge in [0, 0.05) is 17.1 Å². The summed E-state index contributed by atoms with van der Waals surface area (Å²) in [7, 11) is 0. The van der Waals surface area contributed by atoms with Gasteiger partial charge in [-0.15, -0.1) is 0 Å². The molecule has 1 aromatic rings. The van der Waals surface area contributed by atoms with E-state index in [1.807, 2.05) is 13.0 Å². The van der Waals surface area contributed by atoms with Crippen molar-refractivity contribution >= 4 is 22.0 Å². The van der Waals surface area contributed by atoms with Crippen molar-refractivity contribution < 1.29 is 9.18 Å². The van der Waals surface area contributed by atoms with Gasteiger partial charge in [-0.2, -0.15) is 0 Å². The second kappa shape index (κ2) is 11.3. The summed E-state index contributed by atoms with van der Waals surface area (Å²) in [5.74, 6) is 1.31. The average molecular weight is 468 g/mol. The Bertz CT molecular complexity index is 656. The highest BCUT2D eigenvalue weighted by Gasteiger charge is 2.24. The molecule has 1 saturated carbocycles. The van der Waals surface area contributed by atoms with Crippen molar-refractivity contribution in [2.45, 2.75) is 64.3 Å². The monoisotopic (exact) mass is 467 g/mol. The molecule has 2 amide bonds. The average Bonchev–Trinajstić information content (AvgIpc) is 2.71. The third kappa shape index (κ3) is 7.25. The van der Waals surface area contributed by atoms with Crippen molar-refractivity contribution in [3.63, 3.8) is 0 Å². The van der Waals surface area contributed by atoms with Crippen LogP contribution in [0.15, 0.2) is 22.7 Å². The van der Waals surface area contributed by atoms with Crippen LogP contribution < -0.4 is 10.6 Å². The smallest absolute Gasteiger partial charge is 0.314 e. The van der Waals surface area contributed by atoms with Gasteiger partial charge in [-0.3, -0.25) is 0 Å². The molecule has 1 heterocycles. The van der Waals surface area contributed by atoms with Crippen LogP contribution in [0.4, 0.5) is 9.18 Å². The lowest BCUT2D eigenvalue weighted by Gasteiger charge is -2.34. The van der Waals surface area contributed by atoms with E-state index in [-0.39, 0.29) is 11.8 Å². The van der Waals surface area contributed by atoms with Gasteiger partial charge in [0.25, 0.3) is 0 Å². The molecule has 1 aliphatic carbocycles. The van der Waals surface area contributed by atoms with Crippen molar-refractivity contribution in [3.05, 3.63) is 34.1 Å². The molecule has 3 rings (SSSR count).